The van der Waals surface area contributed by atoms with E-state index in [2.05, 4.69) is 15.6 Å². The zero-order valence-electron chi connectivity index (χ0n) is 21.6. The van der Waals surface area contributed by atoms with Crippen LogP contribution in [-0.4, -0.2) is 56.8 Å². The smallest absolute Gasteiger partial charge is 0.319 e. The minimum atomic E-state index is -4.32. The zero-order valence-corrected chi connectivity index (χ0v) is 22.4. The van der Waals surface area contributed by atoms with Crippen LogP contribution < -0.4 is 15.5 Å². The lowest BCUT2D eigenvalue weighted by Gasteiger charge is -2.34. The first-order valence-electron chi connectivity index (χ1n) is 12.7. The van der Waals surface area contributed by atoms with Gasteiger partial charge in [-0.15, -0.1) is 0 Å². The van der Waals surface area contributed by atoms with Gasteiger partial charge < -0.3 is 20.3 Å². The Labute approximate surface area is 225 Å². The second-order valence-electron chi connectivity index (χ2n) is 9.69. The second-order valence-corrected chi connectivity index (χ2v) is 11.9. The molecule has 0 bridgehead atoms. The SMILES string of the molecule is CCNC(=O)Nc1ccc(-c2nc(N3CCOC[C@@H]3C)cc(C3(S(=O)(=O)c4cc(F)ccc4F)CC3)n2)cc1. The van der Waals surface area contributed by atoms with Crippen molar-refractivity contribution in [2.45, 2.75) is 42.4 Å². The predicted molar refractivity (Wildman–Crippen MR) is 142 cm³/mol. The molecule has 0 spiro atoms. The maximum atomic E-state index is 14.6. The summed E-state index contributed by atoms with van der Waals surface area (Å²) >= 11 is 0. The number of sulfone groups is 1. The van der Waals surface area contributed by atoms with Gasteiger partial charge in [0.2, 0.25) is 0 Å². The van der Waals surface area contributed by atoms with E-state index in [-0.39, 0.29) is 36.4 Å². The molecule has 0 unspecified atom stereocenters. The molecule has 3 aromatic rings. The van der Waals surface area contributed by atoms with Gasteiger partial charge in [0.15, 0.2) is 15.7 Å². The molecule has 2 fully saturated rings. The van der Waals surface area contributed by atoms with Crippen LogP contribution >= 0.6 is 0 Å². The topological polar surface area (TPSA) is 114 Å². The minimum Gasteiger partial charge on any atom is -0.377 e. The van der Waals surface area contributed by atoms with E-state index in [1.807, 2.05) is 18.7 Å². The third-order valence-corrected chi connectivity index (χ3v) is 9.52. The van der Waals surface area contributed by atoms with Crippen molar-refractivity contribution < 1.29 is 26.7 Å². The fourth-order valence-electron chi connectivity index (χ4n) is 4.72. The van der Waals surface area contributed by atoms with Gasteiger partial charge in [0.1, 0.15) is 27.1 Å². The Morgan fingerprint density at radius 3 is 2.54 bits per heavy atom. The number of aromatic nitrogens is 2. The Balaban J connectivity index is 1.58. The standard InChI is InChI=1S/C27H29F2N5O4S/c1-3-30-26(35)31-20-7-4-18(5-8-20)25-32-23(15-24(33-25)34-12-13-38-16-17(34)2)27(10-11-27)39(36,37)22-14-19(28)6-9-21(22)29/h4-9,14-15,17H,3,10-13,16H2,1-2H3,(H2,30,31,35)/t17-/m0/s1. The van der Waals surface area contributed by atoms with E-state index < -0.39 is 31.1 Å². The molecule has 1 saturated heterocycles. The van der Waals surface area contributed by atoms with Crippen molar-refractivity contribution in [3.63, 3.8) is 0 Å². The summed E-state index contributed by atoms with van der Waals surface area (Å²) < 4.78 is 60.2. The number of urea groups is 1. The van der Waals surface area contributed by atoms with Crippen LogP contribution in [-0.2, 0) is 19.3 Å². The number of nitrogens with one attached hydrogen (secondary N) is 2. The number of amides is 2. The van der Waals surface area contributed by atoms with Gasteiger partial charge in [-0.05, 0) is 69.2 Å². The van der Waals surface area contributed by atoms with Crippen LogP contribution in [0.2, 0.25) is 0 Å². The molecule has 1 atom stereocenters. The van der Waals surface area contributed by atoms with Gasteiger partial charge in [0.05, 0.1) is 24.9 Å². The molecule has 2 aromatic carbocycles. The Bertz CT molecular complexity index is 1500. The predicted octanol–water partition coefficient (Wildman–Crippen LogP) is 4.25. The molecular weight excluding hydrogens is 528 g/mol. The number of anilines is 2. The van der Waals surface area contributed by atoms with Gasteiger partial charge in [-0.2, -0.15) is 0 Å². The van der Waals surface area contributed by atoms with Crippen molar-refractivity contribution in [3.05, 3.63) is 65.9 Å². The zero-order chi connectivity index (χ0) is 27.8. The van der Waals surface area contributed by atoms with Gasteiger partial charge in [-0.25, -0.2) is 32.0 Å². The van der Waals surface area contributed by atoms with Crippen molar-refractivity contribution in [1.82, 2.24) is 15.3 Å². The number of benzene rings is 2. The molecule has 1 saturated carbocycles. The maximum absolute atomic E-state index is 14.6. The molecule has 9 nitrogen and oxygen atoms in total. The van der Waals surface area contributed by atoms with Crippen LogP contribution in [0.25, 0.3) is 11.4 Å². The second kappa shape index (κ2) is 10.5. The molecule has 1 aromatic heterocycles. The highest BCUT2D eigenvalue weighted by Crippen LogP contribution is 2.55. The molecule has 1 aliphatic heterocycles. The van der Waals surface area contributed by atoms with Crippen LogP contribution in [0.4, 0.5) is 25.1 Å². The Kier molecular flexibility index (Phi) is 7.25. The number of carbonyl (C=O) groups excluding carboxylic acids is 1. The van der Waals surface area contributed by atoms with Crippen LogP contribution in [0.1, 0.15) is 32.4 Å². The summed E-state index contributed by atoms with van der Waals surface area (Å²) in [5, 5.41) is 5.38. The molecule has 2 aliphatic rings. The third kappa shape index (κ3) is 5.18. The summed E-state index contributed by atoms with van der Waals surface area (Å²) in [5.41, 5.74) is 1.39. The molecule has 2 heterocycles. The number of morpholine rings is 1. The van der Waals surface area contributed by atoms with Crippen molar-refractivity contribution in [3.8, 4) is 11.4 Å². The van der Waals surface area contributed by atoms with Gasteiger partial charge in [0.25, 0.3) is 0 Å². The average Bonchev–Trinajstić information content (AvgIpc) is 3.74. The van der Waals surface area contributed by atoms with Crippen molar-refractivity contribution in [1.29, 1.82) is 0 Å². The summed E-state index contributed by atoms with van der Waals surface area (Å²) in [6.07, 6.45) is 0.435. The normalized spacial score (nSPS) is 18.5. The van der Waals surface area contributed by atoms with E-state index in [1.54, 1.807) is 30.3 Å². The first-order valence-corrected chi connectivity index (χ1v) is 14.2. The number of nitrogens with zero attached hydrogens (tertiary/aromatic N) is 3. The fraction of sp³-hybridized carbons (Fsp3) is 0.370. The number of carbonyl (C=O) groups is 1. The molecule has 39 heavy (non-hydrogen) atoms. The first-order chi connectivity index (χ1) is 18.6. The van der Waals surface area contributed by atoms with E-state index in [0.717, 1.165) is 18.2 Å². The Morgan fingerprint density at radius 1 is 1.13 bits per heavy atom. The summed E-state index contributed by atoms with van der Waals surface area (Å²) in [6.45, 7) is 5.79. The monoisotopic (exact) mass is 557 g/mol. The highest BCUT2D eigenvalue weighted by atomic mass is 32.2. The molecule has 2 amide bonds. The van der Waals surface area contributed by atoms with Gasteiger partial charge in [-0.3, -0.25) is 0 Å². The summed E-state index contributed by atoms with van der Waals surface area (Å²) in [6, 6.07) is 10.6. The summed E-state index contributed by atoms with van der Waals surface area (Å²) in [7, 11) is -4.32. The summed E-state index contributed by atoms with van der Waals surface area (Å²) in [4.78, 5) is 22.6. The van der Waals surface area contributed by atoms with Crippen LogP contribution in [0.15, 0.2) is 53.4 Å². The highest BCUT2D eigenvalue weighted by molar-refractivity contribution is 7.92. The number of hydrogen-bond acceptors (Lipinski definition) is 7. The lowest BCUT2D eigenvalue weighted by molar-refractivity contribution is 0.0985. The van der Waals surface area contributed by atoms with E-state index in [9.17, 15) is 22.0 Å². The first kappa shape index (κ1) is 26.9. The van der Waals surface area contributed by atoms with Crippen LogP contribution in [0.5, 0.6) is 0 Å². The quantitative estimate of drug-likeness (QED) is 0.447. The molecule has 2 N–H and O–H groups in total. The molecule has 1 aliphatic carbocycles. The number of halogens is 2. The number of ether oxygens (including phenoxy) is 1. The lowest BCUT2D eigenvalue weighted by Crippen LogP contribution is -2.44. The fourth-order valence-corrected chi connectivity index (χ4v) is 6.75. The van der Waals surface area contributed by atoms with Gasteiger partial charge in [0, 0.05) is 30.4 Å². The minimum absolute atomic E-state index is 0.0228. The van der Waals surface area contributed by atoms with Crippen LogP contribution in [0, 0.1) is 11.6 Å². The van der Waals surface area contributed by atoms with Crippen molar-refractivity contribution in [2.75, 3.05) is 36.5 Å². The average molecular weight is 558 g/mol. The molecule has 0 radical (unpaired) electrons. The molecule has 12 heteroatoms. The maximum Gasteiger partial charge on any atom is 0.319 e. The van der Waals surface area contributed by atoms with Crippen molar-refractivity contribution in [2.24, 2.45) is 0 Å². The Morgan fingerprint density at radius 2 is 1.87 bits per heavy atom. The van der Waals surface area contributed by atoms with Crippen molar-refractivity contribution >= 4 is 27.4 Å². The van der Waals surface area contributed by atoms with E-state index >= 15 is 0 Å². The third-order valence-electron chi connectivity index (χ3n) is 6.98. The lowest BCUT2D eigenvalue weighted by atomic mass is 10.1. The number of rotatable bonds is 7. The highest BCUT2D eigenvalue weighted by Gasteiger charge is 2.58. The number of hydrogen-bond donors (Lipinski definition) is 2. The Hall–Kier alpha value is -3.64. The largest absolute Gasteiger partial charge is 0.377 e. The van der Waals surface area contributed by atoms with Crippen LogP contribution in [0.3, 0.4) is 0 Å². The van der Waals surface area contributed by atoms with Gasteiger partial charge in [-0.1, -0.05) is 0 Å². The molecule has 206 valence electrons. The van der Waals surface area contributed by atoms with E-state index in [4.69, 9.17) is 9.72 Å². The van der Waals surface area contributed by atoms with E-state index in [1.165, 1.54) is 0 Å². The van der Waals surface area contributed by atoms with E-state index in [0.29, 0.717) is 43.4 Å². The molecule has 5 rings (SSSR count). The molecular formula is C27H29F2N5O4S. The summed E-state index contributed by atoms with van der Waals surface area (Å²) in [5.74, 6) is -1.03. The van der Waals surface area contributed by atoms with Gasteiger partial charge >= 0.3 is 6.03 Å².